The molecule has 3 N–H and O–H groups in total. The van der Waals surface area contributed by atoms with Gasteiger partial charge in [0.05, 0.1) is 18.9 Å². The van der Waals surface area contributed by atoms with Crippen molar-refractivity contribution in [2.24, 2.45) is 0 Å². The van der Waals surface area contributed by atoms with Crippen molar-refractivity contribution in [1.29, 1.82) is 0 Å². The molecule has 0 atom stereocenters. The number of hydrogen-bond acceptors (Lipinski definition) is 6. The number of benzene rings is 1. The van der Waals surface area contributed by atoms with Gasteiger partial charge in [-0.2, -0.15) is 4.98 Å². The Bertz CT molecular complexity index is 601. The fourth-order valence-corrected chi connectivity index (χ4v) is 1.41. The summed E-state index contributed by atoms with van der Waals surface area (Å²) in [6.45, 7) is 0. The maximum absolute atomic E-state index is 13.4. The third-order valence-corrected chi connectivity index (χ3v) is 2.33. The van der Waals surface area contributed by atoms with Gasteiger partial charge in [-0.15, -0.1) is 0 Å². The van der Waals surface area contributed by atoms with E-state index >= 15 is 0 Å². The Morgan fingerprint density at radius 3 is 2.68 bits per heavy atom. The number of carbonyl (C=O) groups excluding carboxylic acids is 1. The highest BCUT2D eigenvalue weighted by Gasteiger charge is 2.07. The zero-order valence-corrected chi connectivity index (χ0v) is 10.1. The van der Waals surface area contributed by atoms with Crippen molar-refractivity contribution in [3.8, 4) is 0 Å². The predicted molar refractivity (Wildman–Crippen MR) is 67.5 cm³/mol. The molecular weight excluding hydrogens is 251 g/mol. The largest absolute Gasteiger partial charge is 0.465 e. The normalized spacial score (nSPS) is 10.0. The van der Waals surface area contributed by atoms with Crippen molar-refractivity contribution in [3.63, 3.8) is 0 Å². The molecule has 0 aliphatic heterocycles. The van der Waals surface area contributed by atoms with Gasteiger partial charge < -0.3 is 15.8 Å². The van der Waals surface area contributed by atoms with Crippen LogP contribution in [0.1, 0.15) is 10.4 Å². The third kappa shape index (κ3) is 2.95. The number of nitrogens with zero attached hydrogens (tertiary/aromatic N) is 2. The molecule has 0 aliphatic carbocycles. The molecule has 1 aromatic heterocycles. The lowest BCUT2D eigenvalue weighted by Gasteiger charge is -2.07. The molecule has 98 valence electrons. The summed E-state index contributed by atoms with van der Waals surface area (Å²) in [7, 11) is 1.30. The summed E-state index contributed by atoms with van der Waals surface area (Å²) in [5.74, 6) is -1.12. The Hall–Kier alpha value is -2.70. The van der Waals surface area contributed by atoms with Crippen LogP contribution in [-0.4, -0.2) is 23.0 Å². The zero-order valence-electron chi connectivity index (χ0n) is 10.1. The minimum absolute atomic E-state index is 0.0293. The van der Waals surface area contributed by atoms with Gasteiger partial charge in [0.15, 0.2) is 11.6 Å². The minimum Gasteiger partial charge on any atom is -0.465 e. The summed E-state index contributed by atoms with van der Waals surface area (Å²) in [5, 5.41) is 2.74. The highest BCUT2D eigenvalue weighted by Crippen LogP contribution is 2.18. The first-order chi connectivity index (χ1) is 9.10. The summed E-state index contributed by atoms with van der Waals surface area (Å²) >= 11 is 0. The van der Waals surface area contributed by atoms with E-state index in [1.54, 1.807) is 24.3 Å². The average Bonchev–Trinajstić information content (AvgIpc) is 2.43. The lowest BCUT2D eigenvalue weighted by Crippen LogP contribution is -2.03. The van der Waals surface area contributed by atoms with Crippen molar-refractivity contribution in [1.82, 2.24) is 9.97 Å². The van der Waals surface area contributed by atoms with E-state index in [0.29, 0.717) is 11.3 Å². The summed E-state index contributed by atoms with van der Waals surface area (Å²) in [4.78, 5) is 18.5. The molecule has 0 bridgehead atoms. The topological polar surface area (TPSA) is 90.1 Å². The first kappa shape index (κ1) is 12.7. The fourth-order valence-electron chi connectivity index (χ4n) is 1.41. The van der Waals surface area contributed by atoms with Crippen molar-refractivity contribution in [2.75, 3.05) is 18.2 Å². The number of hydrogen-bond donors (Lipinski definition) is 2. The lowest BCUT2D eigenvalue weighted by molar-refractivity contribution is 0.0601. The van der Waals surface area contributed by atoms with Crippen LogP contribution in [0, 0.1) is 5.82 Å². The Labute approximate surface area is 108 Å². The first-order valence-corrected chi connectivity index (χ1v) is 5.33. The smallest absolute Gasteiger partial charge is 0.337 e. The van der Waals surface area contributed by atoms with Gasteiger partial charge in [0, 0.05) is 5.69 Å². The first-order valence-electron chi connectivity index (χ1n) is 5.33. The second kappa shape index (κ2) is 5.30. The predicted octanol–water partition coefficient (Wildman–Crippen LogP) is 1.73. The van der Waals surface area contributed by atoms with Gasteiger partial charge in [0.25, 0.3) is 0 Å². The number of nitrogens with one attached hydrogen (secondary N) is 1. The number of esters is 1. The summed E-state index contributed by atoms with van der Waals surface area (Å²) in [5.41, 5.74) is 6.33. The molecule has 0 unspecified atom stereocenters. The van der Waals surface area contributed by atoms with Gasteiger partial charge in [-0.05, 0) is 24.3 Å². The molecule has 1 aromatic carbocycles. The van der Waals surface area contributed by atoms with Crippen LogP contribution < -0.4 is 11.1 Å². The average molecular weight is 262 g/mol. The third-order valence-electron chi connectivity index (χ3n) is 2.33. The van der Waals surface area contributed by atoms with Crippen LogP contribution in [0.15, 0.2) is 30.5 Å². The number of methoxy groups -OCH3 is 1. The van der Waals surface area contributed by atoms with Gasteiger partial charge in [-0.1, -0.05) is 0 Å². The maximum Gasteiger partial charge on any atom is 0.337 e. The lowest BCUT2D eigenvalue weighted by atomic mass is 10.2. The molecule has 0 saturated heterocycles. The highest BCUT2D eigenvalue weighted by molar-refractivity contribution is 5.89. The van der Waals surface area contributed by atoms with Gasteiger partial charge in [-0.3, -0.25) is 0 Å². The van der Waals surface area contributed by atoms with Gasteiger partial charge in [-0.25, -0.2) is 14.2 Å². The summed E-state index contributed by atoms with van der Waals surface area (Å²) < 4.78 is 18.0. The molecule has 0 radical (unpaired) electrons. The monoisotopic (exact) mass is 262 g/mol. The van der Waals surface area contributed by atoms with Crippen LogP contribution in [0.2, 0.25) is 0 Å². The van der Waals surface area contributed by atoms with Crippen molar-refractivity contribution in [2.45, 2.75) is 0 Å². The van der Waals surface area contributed by atoms with Gasteiger partial charge >= 0.3 is 5.97 Å². The van der Waals surface area contributed by atoms with E-state index < -0.39 is 11.8 Å². The molecule has 0 amide bonds. The Balaban J connectivity index is 2.19. The van der Waals surface area contributed by atoms with Crippen molar-refractivity contribution in [3.05, 3.63) is 41.8 Å². The van der Waals surface area contributed by atoms with Crippen LogP contribution in [-0.2, 0) is 4.74 Å². The molecule has 7 heteroatoms. The Kier molecular flexibility index (Phi) is 3.56. The van der Waals surface area contributed by atoms with E-state index in [2.05, 4.69) is 20.0 Å². The number of nitrogen functional groups attached to an aromatic ring is 1. The Morgan fingerprint density at radius 1 is 1.37 bits per heavy atom. The quantitative estimate of drug-likeness (QED) is 0.819. The van der Waals surface area contributed by atoms with E-state index in [1.165, 1.54) is 7.11 Å². The molecule has 2 rings (SSSR count). The molecule has 1 heterocycles. The van der Waals surface area contributed by atoms with Crippen molar-refractivity contribution < 1.29 is 13.9 Å². The van der Waals surface area contributed by atoms with E-state index in [0.717, 1.165) is 6.20 Å². The molecule has 0 spiro atoms. The van der Waals surface area contributed by atoms with Crippen LogP contribution >= 0.6 is 0 Å². The number of aromatic nitrogens is 2. The molecule has 6 nitrogen and oxygen atoms in total. The standard InChI is InChI=1S/C12H11FN4O2/c1-19-11(18)7-2-4-8(5-3-7)16-10-9(13)6-15-12(14)17-10/h2-6H,1H3,(H3,14,15,16,17). The van der Waals surface area contributed by atoms with E-state index in [4.69, 9.17) is 5.73 Å². The van der Waals surface area contributed by atoms with E-state index in [-0.39, 0.29) is 11.8 Å². The molecule has 0 saturated carbocycles. The van der Waals surface area contributed by atoms with Crippen molar-refractivity contribution >= 4 is 23.4 Å². The van der Waals surface area contributed by atoms with Crippen LogP contribution in [0.5, 0.6) is 0 Å². The maximum atomic E-state index is 13.4. The molecule has 0 aliphatic rings. The van der Waals surface area contributed by atoms with E-state index in [9.17, 15) is 9.18 Å². The minimum atomic E-state index is -0.619. The van der Waals surface area contributed by atoms with Crippen LogP contribution in [0.4, 0.5) is 21.8 Å². The molecule has 0 fully saturated rings. The highest BCUT2D eigenvalue weighted by atomic mass is 19.1. The van der Waals surface area contributed by atoms with Crippen LogP contribution in [0.3, 0.4) is 0 Å². The zero-order chi connectivity index (χ0) is 13.8. The van der Waals surface area contributed by atoms with Gasteiger partial charge in [0.2, 0.25) is 5.95 Å². The van der Waals surface area contributed by atoms with Crippen LogP contribution in [0.25, 0.3) is 0 Å². The number of carbonyl (C=O) groups is 1. The van der Waals surface area contributed by atoms with E-state index in [1.807, 2.05) is 0 Å². The fraction of sp³-hybridized carbons (Fsp3) is 0.0833. The second-order valence-electron chi connectivity index (χ2n) is 3.62. The number of rotatable bonds is 3. The summed E-state index contributed by atoms with van der Waals surface area (Å²) in [6, 6.07) is 6.31. The number of anilines is 3. The number of halogens is 1. The Morgan fingerprint density at radius 2 is 2.05 bits per heavy atom. The molecule has 19 heavy (non-hydrogen) atoms. The molecular formula is C12H11FN4O2. The molecule has 2 aromatic rings. The SMILES string of the molecule is COC(=O)c1ccc(Nc2nc(N)ncc2F)cc1. The summed E-state index contributed by atoms with van der Waals surface area (Å²) in [6.07, 6.45) is 0.980. The second-order valence-corrected chi connectivity index (χ2v) is 3.62. The number of ether oxygens (including phenoxy) is 1. The van der Waals surface area contributed by atoms with Gasteiger partial charge in [0.1, 0.15) is 0 Å². The number of nitrogens with two attached hydrogens (primary N) is 1.